The Morgan fingerprint density at radius 2 is 2.05 bits per heavy atom. The number of H-pyrrole nitrogens is 1. The van der Waals surface area contributed by atoms with Crippen LogP contribution in [0.3, 0.4) is 0 Å². The summed E-state index contributed by atoms with van der Waals surface area (Å²) in [6.45, 7) is 11.0. The maximum absolute atomic E-state index is 12.1. The number of piperazine rings is 1. The van der Waals surface area contributed by atoms with Gasteiger partial charge in [-0.15, -0.1) is 0 Å². The first-order chi connectivity index (χ1) is 10.1. The molecule has 3 N–H and O–H groups in total. The maximum Gasteiger partial charge on any atom is 0.278 e. The van der Waals surface area contributed by atoms with Crippen molar-refractivity contribution in [3.8, 4) is 0 Å². The van der Waals surface area contributed by atoms with Crippen LogP contribution in [0.1, 0.15) is 20.8 Å². The van der Waals surface area contributed by atoms with Crippen molar-refractivity contribution in [2.45, 2.75) is 26.8 Å². The number of hydrogen-bond acceptors (Lipinski definition) is 2. The highest BCUT2D eigenvalue weighted by Crippen LogP contribution is 2.04. The summed E-state index contributed by atoms with van der Waals surface area (Å²) in [7, 11) is 0. The first-order valence-corrected chi connectivity index (χ1v) is 7.92. The molecule has 0 radical (unpaired) electrons. The molecule has 116 valence electrons. The molecule has 21 heavy (non-hydrogen) atoms. The number of amides is 1. The van der Waals surface area contributed by atoms with Crippen molar-refractivity contribution < 1.29 is 14.7 Å². The average molecular weight is 292 g/mol. The third-order valence-corrected chi connectivity index (χ3v) is 4.13. The Morgan fingerprint density at radius 3 is 2.62 bits per heavy atom. The molecule has 1 aromatic heterocycles. The Hall–Kier alpha value is -1.62. The van der Waals surface area contributed by atoms with Gasteiger partial charge in [0.25, 0.3) is 11.7 Å². The smallest absolute Gasteiger partial charge is 0.278 e. The molecule has 5 heteroatoms. The molecule has 1 aliphatic heterocycles. The quantitative estimate of drug-likeness (QED) is 0.759. The van der Waals surface area contributed by atoms with E-state index in [2.05, 4.69) is 35.1 Å². The van der Waals surface area contributed by atoms with Crippen molar-refractivity contribution >= 4 is 11.7 Å². The van der Waals surface area contributed by atoms with Crippen LogP contribution in [0.4, 0.5) is 5.82 Å². The average Bonchev–Trinajstić information content (AvgIpc) is 2.53. The van der Waals surface area contributed by atoms with E-state index < -0.39 is 0 Å². The normalized spacial score (nSPS) is 17.8. The van der Waals surface area contributed by atoms with Crippen molar-refractivity contribution in [2.24, 2.45) is 5.92 Å². The summed E-state index contributed by atoms with van der Waals surface area (Å²) < 4.78 is 0. The number of aromatic nitrogens is 1. The van der Waals surface area contributed by atoms with Gasteiger partial charge in [-0.25, -0.2) is 4.98 Å². The van der Waals surface area contributed by atoms with Gasteiger partial charge in [0.2, 0.25) is 0 Å². The van der Waals surface area contributed by atoms with E-state index >= 15 is 0 Å². The highest BCUT2D eigenvalue weighted by Gasteiger charge is 2.32. The van der Waals surface area contributed by atoms with E-state index in [4.69, 9.17) is 0 Å². The molecular formula is C16H28N4O+2. The van der Waals surface area contributed by atoms with Gasteiger partial charge < -0.3 is 10.2 Å². The number of aromatic amines is 1. The molecule has 0 saturated carbocycles. The summed E-state index contributed by atoms with van der Waals surface area (Å²) in [5.41, 5.74) is 0. The van der Waals surface area contributed by atoms with E-state index in [1.165, 1.54) is 4.90 Å². The Morgan fingerprint density at radius 1 is 1.33 bits per heavy atom. The van der Waals surface area contributed by atoms with Gasteiger partial charge in [-0.1, -0.05) is 19.9 Å². The zero-order chi connectivity index (χ0) is 15.2. The first-order valence-electron chi connectivity index (χ1n) is 7.92. The van der Waals surface area contributed by atoms with Crippen molar-refractivity contribution in [1.82, 2.24) is 5.32 Å². The summed E-state index contributed by atoms with van der Waals surface area (Å²) >= 11 is 0. The molecule has 1 saturated heterocycles. The molecule has 1 aromatic rings. The lowest BCUT2D eigenvalue weighted by Gasteiger charge is -2.31. The highest BCUT2D eigenvalue weighted by molar-refractivity contribution is 5.79. The molecule has 1 atom stereocenters. The molecule has 1 aliphatic rings. The monoisotopic (exact) mass is 292 g/mol. The van der Waals surface area contributed by atoms with E-state index in [9.17, 15) is 4.79 Å². The number of nitrogens with one attached hydrogen (secondary N) is 3. The van der Waals surface area contributed by atoms with Crippen molar-refractivity contribution in [1.29, 1.82) is 0 Å². The second-order valence-electron chi connectivity index (χ2n) is 6.25. The van der Waals surface area contributed by atoms with E-state index in [1.54, 1.807) is 0 Å². The number of nitrogens with zero attached hydrogens (tertiary/aromatic N) is 1. The summed E-state index contributed by atoms with van der Waals surface area (Å²) in [5.74, 6) is 1.84. The molecule has 0 aliphatic carbocycles. The molecule has 0 aromatic carbocycles. The maximum atomic E-state index is 12.1. The molecule has 1 fully saturated rings. The van der Waals surface area contributed by atoms with Crippen LogP contribution in [0, 0.1) is 5.92 Å². The number of pyridine rings is 1. The number of hydrogen-bond donors (Lipinski definition) is 2. The fourth-order valence-electron chi connectivity index (χ4n) is 2.69. The fraction of sp³-hybridized carbons (Fsp3) is 0.625. The first kappa shape index (κ1) is 15.8. The van der Waals surface area contributed by atoms with E-state index in [1.807, 2.05) is 25.3 Å². The highest BCUT2D eigenvalue weighted by atomic mass is 16.2. The lowest BCUT2D eigenvalue weighted by molar-refractivity contribution is -0.914. The van der Waals surface area contributed by atoms with E-state index in [0.717, 1.165) is 38.5 Å². The molecule has 5 nitrogen and oxygen atoms in total. The zero-order valence-corrected chi connectivity index (χ0v) is 13.4. The zero-order valence-electron chi connectivity index (χ0n) is 13.4. The van der Waals surface area contributed by atoms with Crippen LogP contribution in [-0.2, 0) is 4.79 Å². The molecule has 0 bridgehead atoms. The summed E-state index contributed by atoms with van der Waals surface area (Å²) in [4.78, 5) is 19.1. The molecule has 0 unspecified atom stereocenters. The van der Waals surface area contributed by atoms with Crippen LogP contribution < -0.4 is 20.1 Å². The summed E-state index contributed by atoms with van der Waals surface area (Å²) in [6, 6.07) is 6.17. The Balaban J connectivity index is 1.82. The predicted octanol–water partition coefficient (Wildman–Crippen LogP) is -0.634. The third-order valence-electron chi connectivity index (χ3n) is 4.13. The van der Waals surface area contributed by atoms with Crippen LogP contribution in [0.25, 0.3) is 0 Å². The summed E-state index contributed by atoms with van der Waals surface area (Å²) in [6.07, 6.45) is 1.95. The number of carbonyl (C=O) groups excluding carboxylic acids is 1. The minimum absolute atomic E-state index is 0.0330. The number of anilines is 1. The van der Waals surface area contributed by atoms with Crippen molar-refractivity contribution in [2.75, 3.05) is 37.6 Å². The predicted molar refractivity (Wildman–Crippen MR) is 83.2 cm³/mol. The van der Waals surface area contributed by atoms with E-state index in [-0.39, 0.29) is 11.9 Å². The summed E-state index contributed by atoms with van der Waals surface area (Å²) in [5, 5.41) is 3.04. The minimum Gasteiger partial charge on any atom is -0.351 e. The largest absolute Gasteiger partial charge is 0.351 e. The molecule has 2 heterocycles. The second kappa shape index (κ2) is 7.41. The van der Waals surface area contributed by atoms with Crippen LogP contribution in [0.5, 0.6) is 0 Å². The van der Waals surface area contributed by atoms with Gasteiger partial charge in [0.05, 0.1) is 6.20 Å². The second-order valence-corrected chi connectivity index (χ2v) is 6.25. The van der Waals surface area contributed by atoms with Gasteiger partial charge in [-0.2, -0.15) is 0 Å². The van der Waals surface area contributed by atoms with Gasteiger partial charge in [0.1, 0.15) is 26.2 Å². The molecule has 2 rings (SSSR count). The lowest BCUT2D eigenvalue weighted by atomic mass is 10.2. The van der Waals surface area contributed by atoms with Crippen molar-refractivity contribution in [3.05, 3.63) is 24.4 Å². The molecule has 1 amide bonds. The van der Waals surface area contributed by atoms with Gasteiger partial charge in [0.15, 0.2) is 6.04 Å². The Labute approximate surface area is 127 Å². The molecule has 0 spiro atoms. The minimum atomic E-state index is 0.0330. The fourth-order valence-corrected chi connectivity index (χ4v) is 2.69. The standard InChI is InChI=1S/C16H26N4O/c1-13(2)12-18-16(21)14(3)19-8-10-20(11-9-19)15-6-4-5-7-17-15/h4-7,13-14H,8-12H2,1-3H3,(H,18,21)/p+2/t14-/m1/s1. The van der Waals surface area contributed by atoms with Crippen molar-refractivity contribution in [3.63, 3.8) is 0 Å². The molecular weight excluding hydrogens is 264 g/mol. The SMILES string of the molecule is CC(C)CNC(=O)[C@@H](C)[NH+]1CCN(c2cccc[nH+]2)CC1. The van der Waals surface area contributed by atoms with Gasteiger partial charge in [-0.3, -0.25) is 9.69 Å². The van der Waals surface area contributed by atoms with Crippen LogP contribution in [0.2, 0.25) is 0 Å². The number of rotatable bonds is 5. The number of quaternary nitrogens is 1. The Kier molecular flexibility index (Phi) is 5.56. The van der Waals surface area contributed by atoms with Gasteiger partial charge in [-0.05, 0) is 18.9 Å². The van der Waals surface area contributed by atoms with Gasteiger partial charge >= 0.3 is 0 Å². The third kappa shape index (κ3) is 4.43. The topological polar surface area (TPSA) is 50.9 Å². The number of carbonyl (C=O) groups is 1. The Bertz CT molecular complexity index is 441. The van der Waals surface area contributed by atoms with Crippen LogP contribution >= 0.6 is 0 Å². The van der Waals surface area contributed by atoms with E-state index in [0.29, 0.717) is 5.92 Å². The van der Waals surface area contributed by atoms with Crippen LogP contribution in [0.15, 0.2) is 24.4 Å². The lowest BCUT2D eigenvalue weighted by Crippen LogP contribution is -3.19. The van der Waals surface area contributed by atoms with Crippen LogP contribution in [-0.4, -0.2) is 44.7 Å². The van der Waals surface area contributed by atoms with Gasteiger partial charge in [0, 0.05) is 12.6 Å².